The Morgan fingerprint density at radius 3 is 2.62 bits per heavy atom. The first-order valence-electron chi connectivity index (χ1n) is 3.15. The van der Waals surface area contributed by atoms with Crippen molar-refractivity contribution in [3.8, 4) is 5.75 Å². The molecular formula is C7H5F2O3S. The Kier molecular flexibility index (Phi) is 2.51. The van der Waals surface area contributed by atoms with Crippen LogP contribution in [0.5, 0.6) is 5.75 Å². The summed E-state index contributed by atoms with van der Waals surface area (Å²) in [5.41, 5.74) is 0. The van der Waals surface area contributed by atoms with Crippen LogP contribution in [0.25, 0.3) is 0 Å². The van der Waals surface area contributed by atoms with Crippen molar-refractivity contribution >= 4 is 10.1 Å². The quantitative estimate of drug-likeness (QED) is 0.682. The monoisotopic (exact) mass is 207 g/mol. The summed E-state index contributed by atoms with van der Waals surface area (Å²) < 4.78 is 50.4. The number of hydrogen-bond donors (Lipinski definition) is 0. The van der Waals surface area contributed by atoms with Crippen molar-refractivity contribution in [2.75, 3.05) is 6.26 Å². The highest BCUT2D eigenvalue weighted by Gasteiger charge is 2.13. The summed E-state index contributed by atoms with van der Waals surface area (Å²) in [5.74, 6) is -3.31. The minimum atomic E-state index is -3.85. The molecular weight excluding hydrogens is 202 g/mol. The van der Waals surface area contributed by atoms with Crippen molar-refractivity contribution in [2.45, 2.75) is 0 Å². The van der Waals surface area contributed by atoms with E-state index in [2.05, 4.69) is 10.2 Å². The molecule has 1 rings (SSSR count). The molecule has 1 aromatic rings. The smallest absolute Gasteiger partial charge is 0.306 e. The molecule has 0 unspecified atom stereocenters. The zero-order chi connectivity index (χ0) is 10.1. The predicted octanol–water partition coefficient (Wildman–Crippen LogP) is 1.10. The van der Waals surface area contributed by atoms with Crippen LogP contribution in [0.4, 0.5) is 8.78 Å². The minimum Gasteiger partial charge on any atom is -0.379 e. The van der Waals surface area contributed by atoms with Gasteiger partial charge >= 0.3 is 10.1 Å². The Morgan fingerprint density at radius 1 is 1.46 bits per heavy atom. The molecule has 6 heteroatoms. The molecule has 0 fully saturated rings. The molecule has 71 valence electrons. The van der Waals surface area contributed by atoms with Crippen LogP contribution >= 0.6 is 0 Å². The Hall–Kier alpha value is -1.17. The van der Waals surface area contributed by atoms with Gasteiger partial charge in [-0.25, -0.2) is 4.39 Å². The molecule has 0 aliphatic rings. The standard InChI is InChI=1S/C7H5F2O3S/c1-13(10,11)12-6-4-2-3-5(8)7(6)9/h2-3H,1H3. The Labute approximate surface area is 74.1 Å². The van der Waals surface area contributed by atoms with Crippen molar-refractivity contribution in [3.05, 3.63) is 29.8 Å². The molecule has 1 radical (unpaired) electrons. The number of rotatable bonds is 2. The molecule has 0 bridgehead atoms. The van der Waals surface area contributed by atoms with E-state index >= 15 is 0 Å². The van der Waals surface area contributed by atoms with Crippen LogP contribution in [0.2, 0.25) is 0 Å². The molecule has 13 heavy (non-hydrogen) atoms. The van der Waals surface area contributed by atoms with Gasteiger partial charge in [0.15, 0.2) is 11.6 Å². The zero-order valence-electron chi connectivity index (χ0n) is 6.54. The molecule has 0 heterocycles. The summed E-state index contributed by atoms with van der Waals surface area (Å²) >= 11 is 0. The van der Waals surface area contributed by atoms with E-state index in [-0.39, 0.29) is 0 Å². The first kappa shape index (κ1) is 9.91. The molecule has 1 aromatic carbocycles. The van der Waals surface area contributed by atoms with Crippen molar-refractivity contribution in [2.24, 2.45) is 0 Å². The third-order valence-corrected chi connectivity index (χ3v) is 1.56. The van der Waals surface area contributed by atoms with Gasteiger partial charge in [0.25, 0.3) is 0 Å². The van der Waals surface area contributed by atoms with E-state index in [0.29, 0.717) is 0 Å². The second-order valence-corrected chi connectivity index (χ2v) is 3.83. The fraction of sp³-hybridized carbons (Fsp3) is 0.143. The molecule has 0 aliphatic carbocycles. The molecule has 0 N–H and O–H groups in total. The third kappa shape index (κ3) is 2.66. The average Bonchev–Trinajstić information content (AvgIpc) is 1.96. The van der Waals surface area contributed by atoms with Gasteiger partial charge in [0.05, 0.1) is 6.26 Å². The van der Waals surface area contributed by atoms with Crippen LogP contribution in [-0.4, -0.2) is 14.7 Å². The van der Waals surface area contributed by atoms with Gasteiger partial charge < -0.3 is 4.18 Å². The summed E-state index contributed by atoms with van der Waals surface area (Å²) in [7, 11) is -3.85. The van der Waals surface area contributed by atoms with Crippen LogP contribution in [0.15, 0.2) is 12.1 Å². The van der Waals surface area contributed by atoms with Crippen LogP contribution in [0, 0.1) is 17.7 Å². The van der Waals surface area contributed by atoms with E-state index in [0.717, 1.165) is 18.4 Å². The first-order chi connectivity index (χ1) is 5.90. The first-order valence-corrected chi connectivity index (χ1v) is 4.97. The maximum Gasteiger partial charge on any atom is 0.306 e. The predicted molar refractivity (Wildman–Crippen MR) is 40.7 cm³/mol. The number of halogens is 2. The molecule has 3 nitrogen and oxygen atoms in total. The normalized spacial score (nSPS) is 11.3. The van der Waals surface area contributed by atoms with Crippen LogP contribution in [0.3, 0.4) is 0 Å². The summed E-state index contributed by atoms with van der Waals surface area (Å²) in [6, 6.07) is 3.95. The Bertz CT molecular complexity index is 414. The largest absolute Gasteiger partial charge is 0.379 e. The van der Waals surface area contributed by atoms with Crippen LogP contribution in [-0.2, 0) is 10.1 Å². The zero-order valence-corrected chi connectivity index (χ0v) is 7.36. The summed E-state index contributed by atoms with van der Waals surface area (Å²) in [6.07, 6.45) is 0.727. The molecule has 0 spiro atoms. The topological polar surface area (TPSA) is 43.4 Å². The lowest BCUT2D eigenvalue weighted by Crippen LogP contribution is -2.07. The van der Waals surface area contributed by atoms with Crippen molar-refractivity contribution in [3.63, 3.8) is 0 Å². The second kappa shape index (κ2) is 3.29. The van der Waals surface area contributed by atoms with Gasteiger partial charge in [-0.05, 0) is 12.1 Å². The molecule has 0 saturated carbocycles. The average molecular weight is 207 g/mol. The van der Waals surface area contributed by atoms with Crippen molar-refractivity contribution in [1.29, 1.82) is 0 Å². The van der Waals surface area contributed by atoms with Crippen LogP contribution in [0.1, 0.15) is 0 Å². The lowest BCUT2D eigenvalue weighted by atomic mass is 10.3. The Morgan fingerprint density at radius 2 is 2.08 bits per heavy atom. The van der Waals surface area contributed by atoms with E-state index in [1.54, 1.807) is 0 Å². The maximum absolute atomic E-state index is 12.7. The lowest BCUT2D eigenvalue weighted by molar-refractivity contribution is 0.440. The maximum atomic E-state index is 12.7. The third-order valence-electron chi connectivity index (χ3n) is 1.09. The van der Waals surface area contributed by atoms with Crippen molar-refractivity contribution < 1.29 is 21.4 Å². The van der Waals surface area contributed by atoms with Gasteiger partial charge in [-0.15, -0.1) is 0 Å². The summed E-state index contributed by atoms with van der Waals surface area (Å²) in [6.45, 7) is 0. The molecule has 0 aromatic heterocycles. The Balaban J connectivity index is 3.10. The van der Waals surface area contributed by atoms with Gasteiger partial charge in [0.2, 0.25) is 5.82 Å². The van der Waals surface area contributed by atoms with E-state index < -0.39 is 27.5 Å². The second-order valence-electron chi connectivity index (χ2n) is 2.26. The number of benzene rings is 1. The van der Waals surface area contributed by atoms with Gasteiger partial charge in [-0.1, -0.05) is 0 Å². The van der Waals surface area contributed by atoms with Crippen molar-refractivity contribution in [1.82, 2.24) is 0 Å². The lowest BCUT2D eigenvalue weighted by Gasteiger charge is -2.02. The molecule has 0 atom stereocenters. The van der Waals surface area contributed by atoms with E-state index in [1.807, 2.05) is 0 Å². The van der Waals surface area contributed by atoms with Gasteiger partial charge in [0.1, 0.15) is 0 Å². The highest BCUT2D eigenvalue weighted by Crippen LogP contribution is 2.19. The van der Waals surface area contributed by atoms with Gasteiger partial charge in [-0.2, -0.15) is 12.8 Å². The van der Waals surface area contributed by atoms with Crippen LogP contribution < -0.4 is 4.18 Å². The summed E-state index contributed by atoms with van der Waals surface area (Å²) in [4.78, 5) is 0. The molecule has 0 saturated heterocycles. The SMILES string of the molecule is CS(=O)(=O)Oc1[c]ccc(F)c1F. The number of hydrogen-bond acceptors (Lipinski definition) is 3. The minimum absolute atomic E-state index is 0.727. The highest BCUT2D eigenvalue weighted by atomic mass is 32.2. The molecule has 0 amide bonds. The van der Waals surface area contributed by atoms with E-state index in [9.17, 15) is 17.2 Å². The van der Waals surface area contributed by atoms with E-state index in [4.69, 9.17) is 0 Å². The highest BCUT2D eigenvalue weighted by molar-refractivity contribution is 7.86. The van der Waals surface area contributed by atoms with E-state index in [1.165, 1.54) is 0 Å². The summed E-state index contributed by atoms with van der Waals surface area (Å²) in [5, 5.41) is 0. The fourth-order valence-corrected chi connectivity index (χ4v) is 1.07. The molecule has 0 aliphatic heterocycles. The fourth-order valence-electron chi connectivity index (χ4n) is 0.648. The van der Waals surface area contributed by atoms with Gasteiger partial charge in [0, 0.05) is 6.07 Å². The van der Waals surface area contributed by atoms with Gasteiger partial charge in [-0.3, -0.25) is 0 Å².